The predicted molar refractivity (Wildman–Crippen MR) is 82.4 cm³/mol. The Hall–Kier alpha value is -1.80. The Bertz CT molecular complexity index is 815. The highest BCUT2D eigenvalue weighted by molar-refractivity contribution is 6.33. The number of aromatic nitrogens is 4. The van der Waals surface area contributed by atoms with Crippen molar-refractivity contribution < 1.29 is 13.9 Å². The van der Waals surface area contributed by atoms with Gasteiger partial charge in [-0.15, -0.1) is 0 Å². The summed E-state index contributed by atoms with van der Waals surface area (Å²) in [6, 6.07) is 0. The van der Waals surface area contributed by atoms with Crippen molar-refractivity contribution in [2.45, 2.75) is 37.5 Å². The number of nitrogens with zero attached hydrogens (tertiary/aromatic N) is 3. The molecule has 0 radical (unpaired) electrons. The van der Waals surface area contributed by atoms with E-state index in [1.165, 1.54) is 0 Å². The van der Waals surface area contributed by atoms with Crippen LogP contribution in [0.25, 0.3) is 0 Å². The fourth-order valence-electron chi connectivity index (χ4n) is 1.95. The molecule has 2 aromatic rings. The summed E-state index contributed by atoms with van der Waals surface area (Å²) in [6.07, 6.45) is 3.96. The fourth-order valence-corrected chi connectivity index (χ4v) is 2.35. The van der Waals surface area contributed by atoms with Gasteiger partial charge in [0.25, 0.3) is 11.4 Å². The summed E-state index contributed by atoms with van der Waals surface area (Å²) in [6.45, 7) is 0. The number of aromatic amines is 1. The van der Waals surface area contributed by atoms with E-state index in [0.717, 1.165) is 25.7 Å². The topological polar surface area (TPSA) is 91.8 Å². The summed E-state index contributed by atoms with van der Waals surface area (Å²) in [5.74, 6) is -1.27. The van der Waals surface area contributed by atoms with Gasteiger partial charge in [0.05, 0.1) is 0 Å². The maximum absolute atomic E-state index is 12.8. The molecule has 128 valence electrons. The average molecular weight is 377 g/mol. The molecule has 0 amide bonds. The molecule has 4 rings (SSSR count). The summed E-state index contributed by atoms with van der Waals surface area (Å²) in [5, 5.41) is 8.48. The van der Waals surface area contributed by atoms with E-state index >= 15 is 0 Å². The van der Waals surface area contributed by atoms with Crippen molar-refractivity contribution in [3.05, 3.63) is 43.9 Å². The van der Waals surface area contributed by atoms with E-state index in [4.69, 9.17) is 28.3 Å². The van der Waals surface area contributed by atoms with Crippen molar-refractivity contribution in [3.8, 4) is 5.88 Å². The lowest BCUT2D eigenvalue weighted by molar-refractivity contribution is 0.401. The van der Waals surface area contributed by atoms with E-state index < -0.39 is 23.1 Å². The first-order valence-corrected chi connectivity index (χ1v) is 7.99. The molecule has 0 saturated heterocycles. The zero-order valence-corrected chi connectivity index (χ0v) is 13.7. The van der Waals surface area contributed by atoms with E-state index in [2.05, 4.69) is 19.9 Å². The van der Waals surface area contributed by atoms with E-state index in [1.54, 1.807) is 0 Å². The lowest BCUT2D eigenvalue weighted by Gasteiger charge is -1.99. The molecule has 2 heterocycles. The molecule has 0 spiro atoms. The van der Waals surface area contributed by atoms with Crippen LogP contribution in [0.2, 0.25) is 10.3 Å². The van der Waals surface area contributed by atoms with E-state index in [0.29, 0.717) is 17.6 Å². The van der Waals surface area contributed by atoms with Crippen molar-refractivity contribution in [1.29, 1.82) is 0 Å². The molecule has 2 aliphatic rings. The van der Waals surface area contributed by atoms with Crippen molar-refractivity contribution in [2.24, 2.45) is 0 Å². The van der Waals surface area contributed by atoms with Gasteiger partial charge in [0.2, 0.25) is 5.82 Å². The van der Waals surface area contributed by atoms with Crippen LogP contribution >= 0.6 is 23.2 Å². The number of rotatable bonds is 2. The molecule has 0 aromatic carbocycles. The number of halogens is 4. The van der Waals surface area contributed by atoms with Gasteiger partial charge in [0.1, 0.15) is 11.6 Å². The zero-order chi connectivity index (χ0) is 17.4. The molecule has 24 heavy (non-hydrogen) atoms. The molecule has 2 fully saturated rings. The van der Waals surface area contributed by atoms with Crippen LogP contribution in [0.4, 0.5) is 8.78 Å². The number of hydrogen-bond acceptors (Lipinski definition) is 5. The Balaban J connectivity index is 0.000000141. The Kier molecular flexibility index (Phi) is 4.69. The van der Waals surface area contributed by atoms with Crippen LogP contribution in [0.1, 0.15) is 49.2 Å². The largest absolute Gasteiger partial charge is 0.491 e. The number of hydrogen-bond donors (Lipinski definition) is 2. The van der Waals surface area contributed by atoms with Gasteiger partial charge in [0.15, 0.2) is 16.1 Å². The number of H-pyrrole nitrogens is 1. The molecule has 10 heteroatoms. The highest BCUT2D eigenvalue weighted by Gasteiger charge is 2.28. The maximum atomic E-state index is 12.8. The minimum absolute atomic E-state index is 0.183. The van der Waals surface area contributed by atoms with Crippen LogP contribution in [0.3, 0.4) is 0 Å². The Morgan fingerprint density at radius 3 is 1.96 bits per heavy atom. The van der Waals surface area contributed by atoms with Crippen LogP contribution < -0.4 is 5.56 Å². The van der Waals surface area contributed by atoms with Gasteiger partial charge in [-0.3, -0.25) is 4.79 Å². The lowest BCUT2D eigenvalue weighted by atomic mass is 10.4. The number of nitrogens with one attached hydrogen (secondary N) is 1. The fraction of sp³-hybridized carbons (Fsp3) is 0.429. The average Bonchev–Trinajstić information content (AvgIpc) is 3.40. The third-order valence-electron chi connectivity index (χ3n) is 3.56. The van der Waals surface area contributed by atoms with E-state index in [9.17, 15) is 13.6 Å². The van der Waals surface area contributed by atoms with E-state index in [-0.39, 0.29) is 16.2 Å². The molecule has 0 atom stereocenters. The lowest BCUT2D eigenvalue weighted by Crippen LogP contribution is -2.14. The Labute approximate surface area is 144 Å². The molecule has 2 aromatic heterocycles. The molecule has 2 aliphatic carbocycles. The minimum Gasteiger partial charge on any atom is -0.491 e. The predicted octanol–water partition coefficient (Wildman–Crippen LogP) is 3.29. The van der Waals surface area contributed by atoms with Gasteiger partial charge in [-0.05, 0) is 25.7 Å². The number of aromatic hydroxyl groups is 1. The monoisotopic (exact) mass is 376 g/mol. The minimum atomic E-state index is -1.21. The van der Waals surface area contributed by atoms with E-state index in [1.807, 2.05) is 0 Å². The van der Waals surface area contributed by atoms with Crippen molar-refractivity contribution in [3.63, 3.8) is 0 Å². The second kappa shape index (κ2) is 6.60. The molecule has 0 aliphatic heterocycles. The van der Waals surface area contributed by atoms with Crippen LogP contribution in [-0.4, -0.2) is 25.0 Å². The van der Waals surface area contributed by atoms with Crippen LogP contribution in [-0.2, 0) is 0 Å². The first-order valence-electron chi connectivity index (χ1n) is 7.24. The van der Waals surface area contributed by atoms with Gasteiger partial charge in [-0.1, -0.05) is 23.2 Å². The third kappa shape index (κ3) is 3.81. The van der Waals surface area contributed by atoms with Gasteiger partial charge < -0.3 is 10.1 Å². The second-order valence-electron chi connectivity index (χ2n) is 5.61. The van der Waals surface area contributed by atoms with Crippen LogP contribution in [0, 0.1) is 11.6 Å². The van der Waals surface area contributed by atoms with Crippen LogP contribution in [0.5, 0.6) is 5.88 Å². The normalized spacial score (nSPS) is 16.5. The Morgan fingerprint density at radius 1 is 0.958 bits per heavy atom. The first kappa shape index (κ1) is 17.0. The van der Waals surface area contributed by atoms with Crippen LogP contribution in [0.15, 0.2) is 4.79 Å². The van der Waals surface area contributed by atoms with Gasteiger partial charge in [0, 0.05) is 11.8 Å². The van der Waals surface area contributed by atoms with Gasteiger partial charge >= 0.3 is 0 Å². The van der Waals surface area contributed by atoms with Gasteiger partial charge in [-0.2, -0.15) is 9.37 Å². The molecular formula is C14H12Cl2F2N4O2. The first-order chi connectivity index (χ1) is 11.4. The Morgan fingerprint density at radius 2 is 1.50 bits per heavy atom. The van der Waals surface area contributed by atoms with Crippen molar-refractivity contribution in [2.75, 3.05) is 0 Å². The second-order valence-corrected chi connectivity index (χ2v) is 6.33. The molecule has 0 unspecified atom stereocenters. The molecular weight excluding hydrogens is 365 g/mol. The third-order valence-corrected chi connectivity index (χ3v) is 4.06. The summed E-state index contributed by atoms with van der Waals surface area (Å²) in [7, 11) is 0. The summed E-state index contributed by atoms with van der Waals surface area (Å²) in [4.78, 5) is 24.1. The standard InChI is InChI=1S/C7H5Cl2FN2.C7H7FN2O2/c8-5-4(10)6(9)12-7(11-5)3-1-2-3;8-4-6(11)9-5(3-1-2-3)10-7(4)12/h3H,1-2H2;3H,1-2H2,(H2,9,10,11,12). The molecule has 0 bridgehead atoms. The summed E-state index contributed by atoms with van der Waals surface area (Å²) in [5.41, 5.74) is -0.899. The zero-order valence-electron chi connectivity index (χ0n) is 12.2. The van der Waals surface area contributed by atoms with Crippen molar-refractivity contribution in [1.82, 2.24) is 19.9 Å². The maximum Gasteiger partial charge on any atom is 0.291 e. The van der Waals surface area contributed by atoms with Gasteiger partial charge in [-0.25, -0.2) is 14.4 Å². The van der Waals surface area contributed by atoms with Crippen molar-refractivity contribution >= 4 is 23.2 Å². The highest BCUT2D eigenvalue weighted by atomic mass is 35.5. The summed E-state index contributed by atoms with van der Waals surface area (Å²) >= 11 is 11.0. The SMILES string of the molecule is Fc1c(Cl)nc(C2CC2)nc1Cl.O=c1[nH]c(C2CC2)nc(O)c1F. The highest BCUT2D eigenvalue weighted by Crippen LogP contribution is 2.39. The molecule has 2 saturated carbocycles. The summed E-state index contributed by atoms with van der Waals surface area (Å²) < 4.78 is 25.3. The smallest absolute Gasteiger partial charge is 0.291 e. The molecule has 2 N–H and O–H groups in total. The molecule has 6 nitrogen and oxygen atoms in total. The quantitative estimate of drug-likeness (QED) is 0.784.